The first-order chi connectivity index (χ1) is 13.4. The molecule has 7 heteroatoms. The zero-order valence-electron chi connectivity index (χ0n) is 15.5. The molecule has 2 aromatic rings. The van der Waals surface area contributed by atoms with Gasteiger partial charge >= 0.3 is 0 Å². The Morgan fingerprint density at radius 2 is 2.00 bits per heavy atom. The highest BCUT2D eigenvalue weighted by Gasteiger charge is 2.48. The molecule has 4 atom stereocenters. The molecule has 1 aliphatic heterocycles. The average molecular weight is 404 g/mol. The molecule has 0 spiro atoms. The highest BCUT2D eigenvalue weighted by molar-refractivity contribution is 7.88. The van der Waals surface area contributed by atoms with Crippen molar-refractivity contribution in [2.24, 2.45) is 5.92 Å². The van der Waals surface area contributed by atoms with Crippen molar-refractivity contribution in [2.45, 2.75) is 24.8 Å². The first-order valence-electron chi connectivity index (χ1n) is 9.36. The molecule has 1 saturated carbocycles. The molecule has 2 aromatic carbocycles. The van der Waals surface area contributed by atoms with Crippen molar-refractivity contribution in [2.75, 3.05) is 19.3 Å². The third kappa shape index (κ3) is 3.92. The number of likely N-dealkylation sites (tertiary alicyclic amines) is 1. The lowest BCUT2D eigenvalue weighted by molar-refractivity contribution is -0.131. The monoisotopic (exact) mass is 404 g/mol. The van der Waals surface area contributed by atoms with E-state index in [4.69, 9.17) is 0 Å². The van der Waals surface area contributed by atoms with Crippen LogP contribution in [0.1, 0.15) is 24.3 Å². The fourth-order valence-electron chi connectivity index (χ4n) is 4.10. The van der Waals surface area contributed by atoms with Gasteiger partial charge in [0.15, 0.2) is 0 Å². The molecule has 0 radical (unpaired) electrons. The fourth-order valence-corrected chi connectivity index (χ4v) is 4.76. The van der Waals surface area contributed by atoms with Gasteiger partial charge in [0, 0.05) is 35.9 Å². The number of halogens is 2. The van der Waals surface area contributed by atoms with Gasteiger partial charge in [0.1, 0.15) is 17.9 Å². The Bertz CT molecular complexity index is 892. The number of hydrogen-bond donors (Lipinski definition) is 1. The molecule has 1 aliphatic carbocycles. The lowest BCUT2D eigenvalue weighted by Crippen LogP contribution is -2.38. The van der Waals surface area contributed by atoms with E-state index in [1.54, 1.807) is 30.5 Å². The number of rotatable bonds is 5. The quantitative estimate of drug-likeness (QED) is 0.779. The van der Waals surface area contributed by atoms with E-state index in [0.29, 0.717) is 30.6 Å². The summed E-state index contributed by atoms with van der Waals surface area (Å²) in [7, 11) is 0. The maximum absolute atomic E-state index is 14.3. The summed E-state index contributed by atoms with van der Waals surface area (Å²) in [6.07, 6.45) is 3.04. The third-order valence-corrected chi connectivity index (χ3v) is 6.18. The van der Waals surface area contributed by atoms with E-state index in [1.165, 1.54) is 18.2 Å². The number of benzene rings is 2. The van der Waals surface area contributed by atoms with Crippen LogP contribution in [-0.2, 0) is 16.2 Å². The van der Waals surface area contributed by atoms with E-state index in [0.717, 1.165) is 12.0 Å². The minimum atomic E-state index is -1.10. The topological polar surface area (TPSA) is 55.4 Å². The zero-order valence-corrected chi connectivity index (χ0v) is 16.3. The number of amides is 1. The van der Waals surface area contributed by atoms with Crippen LogP contribution < -0.4 is 4.72 Å². The SMILES string of the molecule is C[S+]([O-])NC1CCN(C(=O)C2CC2c2ccc(F)cc2-c2ccccc2F)C1. The van der Waals surface area contributed by atoms with Gasteiger partial charge in [-0.1, -0.05) is 24.3 Å². The molecule has 2 fully saturated rings. The fraction of sp³-hybridized carbons (Fsp3) is 0.381. The standard InChI is InChI=1S/C21H22F2N2O2S/c1-28(27)24-14-8-9-25(12-14)21(26)19-11-18(19)15-7-6-13(22)10-17(15)16-4-2-3-5-20(16)23/h2-7,10,14,18-19,24H,8-9,11-12H2,1H3. The van der Waals surface area contributed by atoms with E-state index >= 15 is 0 Å². The minimum absolute atomic E-state index is 0.0324. The predicted molar refractivity (Wildman–Crippen MR) is 105 cm³/mol. The van der Waals surface area contributed by atoms with Crippen LogP contribution in [0.15, 0.2) is 42.5 Å². The number of nitrogens with zero attached hydrogens (tertiary/aromatic N) is 1. The molecule has 4 nitrogen and oxygen atoms in total. The molecule has 2 aliphatic rings. The third-order valence-electron chi connectivity index (χ3n) is 5.52. The van der Waals surface area contributed by atoms with Gasteiger partial charge in [0.05, 0.1) is 6.04 Å². The van der Waals surface area contributed by atoms with E-state index in [-0.39, 0.29) is 23.8 Å². The van der Waals surface area contributed by atoms with Crippen LogP contribution in [0, 0.1) is 17.6 Å². The number of carbonyl (C=O) groups excluding carboxylic acids is 1. The average Bonchev–Trinajstić information content (AvgIpc) is 3.32. The molecule has 1 saturated heterocycles. The maximum Gasteiger partial charge on any atom is 0.226 e. The summed E-state index contributed by atoms with van der Waals surface area (Å²) < 4.78 is 42.4. The van der Waals surface area contributed by atoms with Gasteiger partial charge in [-0.25, -0.2) is 8.78 Å². The maximum atomic E-state index is 14.3. The van der Waals surface area contributed by atoms with Gasteiger partial charge in [-0.15, -0.1) is 4.72 Å². The van der Waals surface area contributed by atoms with Crippen LogP contribution in [0.5, 0.6) is 0 Å². The summed E-state index contributed by atoms with van der Waals surface area (Å²) in [5.41, 5.74) is 1.68. The highest BCUT2D eigenvalue weighted by atomic mass is 32.2. The van der Waals surface area contributed by atoms with Crippen molar-refractivity contribution in [3.8, 4) is 11.1 Å². The molecule has 0 aromatic heterocycles. The van der Waals surface area contributed by atoms with Crippen LogP contribution >= 0.6 is 0 Å². The first-order valence-corrected chi connectivity index (χ1v) is 10.9. The number of carbonyl (C=O) groups is 1. The Hall–Kier alpha value is -1.96. The van der Waals surface area contributed by atoms with Gasteiger partial charge < -0.3 is 9.45 Å². The lowest BCUT2D eigenvalue weighted by atomic mass is 9.95. The summed E-state index contributed by atoms with van der Waals surface area (Å²) in [5.74, 6) is -0.956. The van der Waals surface area contributed by atoms with E-state index in [9.17, 15) is 18.1 Å². The van der Waals surface area contributed by atoms with Gasteiger partial charge in [-0.05, 0) is 48.1 Å². The largest absolute Gasteiger partial charge is 0.598 e. The van der Waals surface area contributed by atoms with Crippen LogP contribution in [0.4, 0.5) is 8.78 Å². The minimum Gasteiger partial charge on any atom is -0.598 e. The van der Waals surface area contributed by atoms with Crippen LogP contribution in [0.3, 0.4) is 0 Å². The Morgan fingerprint density at radius 3 is 2.75 bits per heavy atom. The van der Waals surface area contributed by atoms with Crippen molar-refractivity contribution in [3.05, 3.63) is 59.7 Å². The molecule has 1 N–H and O–H groups in total. The molecular formula is C21H22F2N2O2S. The Balaban J connectivity index is 1.52. The van der Waals surface area contributed by atoms with Gasteiger partial charge in [-0.2, -0.15) is 0 Å². The molecule has 148 valence electrons. The van der Waals surface area contributed by atoms with Gasteiger partial charge in [0.2, 0.25) is 5.91 Å². The second-order valence-electron chi connectivity index (χ2n) is 7.50. The molecule has 28 heavy (non-hydrogen) atoms. The Labute approximate surface area is 166 Å². The van der Waals surface area contributed by atoms with E-state index in [1.807, 2.05) is 4.90 Å². The van der Waals surface area contributed by atoms with Crippen molar-refractivity contribution in [1.82, 2.24) is 9.62 Å². The molecule has 1 amide bonds. The van der Waals surface area contributed by atoms with Crippen LogP contribution in [0.25, 0.3) is 11.1 Å². The second kappa shape index (κ2) is 7.81. The zero-order chi connectivity index (χ0) is 19.8. The van der Waals surface area contributed by atoms with E-state index < -0.39 is 23.0 Å². The van der Waals surface area contributed by atoms with E-state index in [2.05, 4.69) is 4.72 Å². The van der Waals surface area contributed by atoms with Crippen molar-refractivity contribution in [1.29, 1.82) is 0 Å². The molecule has 4 rings (SSSR count). The smallest absolute Gasteiger partial charge is 0.226 e. The molecular weight excluding hydrogens is 382 g/mol. The Kier molecular flexibility index (Phi) is 5.40. The number of nitrogens with one attached hydrogen (secondary N) is 1. The number of hydrogen-bond acceptors (Lipinski definition) is 3. The molecule has 1 heterocycles. The van der Waals surface area contributed by atoms with Gasteiger partial charge in [0.25, 0.3) is 0 Å². The summed E-state index contributed by atoms with van der Waals surface area (Å²) in [6, 6.07) is 10.7. The normalized spacial score (nSPS) is 25.0. The second-order valence-corrected chi connectivity index (χ2v) is 8.65. The van der Waals surface area contributed by atoms with Gasteiger partial charge in [-0.3, -0.25) is 4.79 Å². The van der Waals surface area contributed by atoms with Crippen LogP contribution in [-0.4, -0.2) is 40.7 Å². The highest BCUT2D eigenvalue weighted by Crippen LogP contribution is 2.51. The Morgan fingerprint density at radius 1 is 1.21 bits per heavy atom. The molecule has 4 unspecified atom stereocenters. The summed E-state index contributed by atoms with van der Waals surface area (Å²) >= 11 is -1.10. The first kappa shape index (κ1) is 19.4. The van der Waals surface area contributed by atoms with Crippen molar-refractivity contribution < 1.29 is 18.1 Å². The van der Waals surface area contributed by atoms with Crippen LogP contribution in [0.2, 0.25) is 0 Å². The summed E-state index contributed by atoms with van der Waals surface area (Å²) in [6.45, 7) is 1.19. The molecule has 0 bridgehead atoms. The lowest BCUT2D eigenvalue weighted by Gasteiger charge is -2.17. The predicted octanol–water partition coefficient (Wildman–Crippen LogP) is 3.22. The van der Waals surface area contributed by atoms with Crippen molar-refractivity contribution in [3.63, 3.8) is 0 Å². The summed E-state index contributed by atoms with van der Waals surface area (Å²) in [5, 5.41) is 0. The summed E-state index contributed by atoms with van der Waals surface area (Å²) in [4.78, 5) is 14.7. The van der Waals surface area contributed by atoms with Crippen molar-refractivity contribution >= 4 is 17.3 Å².